The first-order chi connectivity index (χ1) is 14.7. The van der Waals surface area contributed by atoms with Crippen LogP contribution in [0.1, 0.15) is 41.6 Å². The van der Waals surface area contributed by atoms with Gasteiger partial charge in [-0.15, -0.1) is 0 Å². The number of carbonyl (C=O) groups excluding carboxylic acids is 1. The van der Waals surface area contributed by atoms with Crippen molar-refractivity contribution in [2.24, 2.45) is 5.14 Å². The lowest BCUT2D eigenvalue weighted by molar-refractivity contribution is 0.0954. The van der Waals surface area contributed by atoms with Crippen molar-refractivity contribution >= 4 is 26.0 Å². The number of hydrogen-bond acceptors (Lipinski definition) is 5. The van der Waals surface area contributed by atoms with Crippen molar-refractivity contribution in [1.29, 1.82) is 0 Å². The zero-order valence-electron chi connectivity index (χ0n) is 17.2. The van der Waals surface area contributed by atoms with Crippen molar-refractivity contribution in [2.75, 3.05) is 19.6 Å². The minimum atomic E-state index is -3.73. The lowest BCUT2D eigenvalue weighted by Gasteiger charge is -2.20. The van der Waals surface area contributed by atoms with Crippen LogP contribution in [0.5, 0.6) is 0 Å². The van der Waals surface area contributed by atoms with Gasteiger partial charge in [0.05, 0.1) is 9.79 Å². The first-order valence-electron chi connectivity index (χ1n) is 10.2. The first kappa shape index (κ1) is 23.4. The number of amides is 1. The molecule has 0 bridgehead atoms. The van der Waals surface area contributed by atoms with Gasteiger partial charge in [-0.3, -0.25) is 4.79 Å². The molecule has 2 aromatic rings. The van der Waals surface area contributed by atoms with E-state index in [0.29, 0.717) is 31.6 Å². The zero-order chi connectivity index (χ0) is 22.5. The SMILES string of the molecule is NS(=O)(=O)c1ccc(CCNC(=O)c2ccc(S(=O)(=O)N3CCCCCC3)cc2)cc1. The van der Waals surface area contributed by atoms with Gasteiger partial charge in [-0.25, -0.2) is 22.0 Å². The predicted molar refractivity (Wildman–Crippen MR) is 118 cm³/mol. The molecular formula is C21H27N3O5S2. The maximum Gasteiger partial charge on any atom is 0.251 e. The van der Waals surface area contributed by atoms with Gasteiger partial charge >= 0.3 is 0 Å². The highest BCUT2D eigenvalue weighted by Crippen LogP contribution is 2.20. The maximum absolute atomic E-state index is 12.8. The molecule has 0 unspecified atom stereocenters. The molecule has 1 aliphatic rings. The lowest BCUT2D eigenvalue weighted by atomic mass is 10.1. The molecular weight excluding hydrogens is 438 g/mol. The van der Waals surface area contributed by atoms with Gasteiger partial charge in [-0.1, -0.05) is 25.0 Å². The maximum atomic E-state index is 12.8. The van der Waals surface area contributed by atoms with E-state index in [1.54, 1.807) is 12.1 Å². The van der Waals surface area contributed by atoms with Gasteiger partial charge in [0.1, 0.15) is 0 Å². The minimum absolute atomic E-state index is 0.0375. The molecule has 0 radical (unpaired) electrons. The molecule has 168 valence electrons. The molecule has 0 saturated carbocycles. The molecule has 1 heterocycles. The Labute approximate surface area is 183 Å². The van der Waals surface area contributed by atoms with Gasteiger partial charge < -0.3 is 5.32 Å². The summed E-state index contributed by atoms with van der Waals surface area (Å²) in [4.78, 5) is 12.6. The van der Waals surface area contributed by atoms with E-state index in [-0.39, 0.29) is 15.7 Å². The molecule has 10 heteroatoms. The van der Waals surface area contributed by atoms with Crippen LogP contribution in [-0.2, 0) is 26.5 Å². The number of nitrogens with two attached hydrogens (primary N) is 1. The van der Waals surface area contributed by atoms with E-state index in [9.17, 15) is 21.6 Å². The van der Waals surface area contributed by atoms with Crippen molar-refractivity contribution in [3.05, 3.63) is 59.7 Å². The third kappa shape index (κ3) is 6.13. The molecule has 0 aliphatic carbocycles. The average molecular weight is 466 g/mol. The molecule has 1 aliphatic heterocycles. The highest BCUT2D eigenvalue weighted by Gasteiger charge is 2.25. The standard InChI is InChI=1S/C21H27N3O5S2/c22-30(26,27)19-9-5-17(6-10-19)13-14-23-21(25)18-7-11-20(12-8-18)31(28,29)24-15-3-1-2-4-16-24/h5-12H,1-4,13-16H2,(H,23,25)(H2,22,26,27). The van der Waals surface area contributed by atoms with Crippen LogP contribution in [0.15, 0.2) is 58.3 Å². The molecule has 8 nitrogen and oxygen atoms in total. The lowest BCUT2D eigenvalue weighted by Crippen LogP contribution is -2.32. The summed E-state index contributed by atoms with van der Waals surface area (Å²) in [6.07, 6.45) is 4.33. The van der Waals surface area contributed by atoms with Crippen LogP contribution in [-0.4, -0.2) is 46.7 Å². The molecule has 1 amide bonds. The Hall–Kier alpha value is -2.27. The number of benzene rings is 2. The van der Waals surface area contributed by atoms with Crippen LogP contribution in [0.25, 0.3) is 0 Å². The predicted octanol–water partition coefficient (Wildman–Crippen LogP) is 1.87. The van der Waals surface area contributed by atoms with E-state index in [1.807, 2.05) is 0 Å². The molecule has 3 N–H and O–H groups in total. The second-order valence-corrected chi connectivity index (χ2v) is 11.0. The Morgan fingerprint density at radius 3 is 1.94 bits per heavy atom. The third-order valence-corrected chi connectivity index (χ3v) is 8.11. The number of nitrogens with zero attached hydrogens (tertiary/aromatic N) is 1. The van der Waals surface area contributed by atoms with E-state index in [4.69, 9.17) is 5.14 Å². The van der Waals surface area contributed by atoms with Crippen LogP contribution in [0.4, 0.5) is 0 Å². The summed E-state index contributed by atoms with van der Waals surface area (Å²) in [6, 6.07) is 12.1. The van der Waals surface area contributed by atoms with Gasteiger partial charge in [0.25, 0.3) is 5.91 Å². The number of primary sulfonamides is 1. The van der Waals surface area contributed by atoms with E-state index >= 15 is 0 Å². The normalized spacial score (nSPS) is 15.9. The number of sulfonamides is 2. The second-order valence-electron chi connectivity index (χ2n) is 7.54. The fourth-order valence-corrected chi connectivity index (χ4v) is 5.51. The molecule has 0 aromatic heterocycles. The monoisotopic (exact) mass is 465 g/mol. The summed E-state index contributed by atoms with van der Waals surface area (Å²) in [5, 5.41) is 7.85. The quantitative estimate of drug-likeness (QED) is 0.645. The van der Waals surface area contributed by atoms with Crippen molar-refractivity contribution in [2.45, 2.75) is 41.9 Å². The Morgan fingerprint density at radius 1 is 0.839 bits per heavy atom. The summed E-state index contributed by atoms with van der Waals surface area (Å²) in [7, 11) is -7.27. The largest absolute Gasteiger partial charge is 0.352 e. The van der Waals surface area contributed by atoms with Crippen LogP contribution >= 0.6 is 0 Å². The highest BCUT2D eigenvalue weighted by atomic mass is 32.2. The van der Waals surface area contributed by atoms with Crippen LogP contribution in [0.3, 0.4) is 0 Å². The Morgan fingerprint density at radius 2 is 1.39 bits per heavy atom. The summed E-state index contributed by atoms with van der Waals surface area (Å²) < 4.78 is 49.7. The summed E-state index contributed by atoms with van der Waals surface area (Å²) in [5.41, 5.74) is 1.23. The van der Waals surface area contributed by atoms with Gasteiger partial charge in [0, 0.05) is 25.2 Å². The Balaban J connectivity index is 1.56. The van der Waals surface area contributed by atoms with E-state index in [0.717, 1.165) is 31.2 Å². The Kier molecular flexibility index (Phi) is 7.47. The van der Waals surface area contributed by atoms with Crippen LogP contribution in [0.2, 0.25) is 0 Å². The topological polar surface area (TPSA) is 127 Å². The molecule has 1 saturated heterocycles. The van der Waals surface area contributed by atoms with Crippen LogP contribution < -0.4 is 10.5 Å². The smallest absolute Gasteiger partial charge is 0.251 e. The van der Waals surface area contributed by atoms with Gasteiger partial charge in [0.2, 0.25) is 20.0 Å². The number of rotatable bonds is 7. The molecule has 2 aromatic carbocycles. The van der Waals surface area contributed by atoms with Gasteiger partial charge in [0.15, 0.2) is 0 Å². The van der Waals surface area contributed by atoms with E-state index in [1.165, 1.54) is 40.7 Å². The molecule has 3 rings (SSSR count). The summed E-state index contributed by atoms with van der Waals surface area (Å²) in [6.45, 7) is 1.41. The summed E-state index contributed by atoms with van der Waals surface area (Å²) in [5.74, 6) is -0.306. The number of nitrogens with one attached hydrogen (secondary N) is 1. The average Bonchev–Trinajstić information content (AvgIpc) is 3.04. The van der Waals surface area contributed by atoms with Crippen molar-refractivity contribution in [1.82, 2.24) is 9.62 Å². The van der Waals surface area contributed by atoms with E-state index in [2.05, 4.69) is 5.32 Å². The molecule has 0 atom stereocenters. The second kappa shape index (κ2) is 9.90. The molecule has 31 heavy (non-hydrogen) atoms. The van der Waals surface area contributed by atoms with Crippen molar-refractivity contribution < 1.29 is 21.6 Å². The zero-order valence-corrected chi connectivity index (χ0v) is 18.8. The van der Waals surface area contributed by atoms with E-state index < -0.39 is 20.0 Å². The van der Waals surface area contributed by atoms with Gasteiger partial charge in [-0.05, 0) is 61.2 Å². The van der Waals surface area contributed by atoms with Crippen LogP contribution in [0, 0.1) is 0 Å². The van der Waals surface area contributed by atoms with Gasteiger partial charge in [-0.2, -0.15) is 4.31 Å². The fourth-order valence-electron chi connectivity index (χ4n) is 3.48. The van der Waals surface area contributed by atoms with Crippen molar-refractivity contribution in [3.8, 4) is 0 Å². The summed E-state index contributed by atoms with van der Waals surface area (Å²) >= 11 is 0. The Bertz CT molecular complexity index is 1100. The minimum Gasteiger partial charge on any atom is -0.352 e. The highest BCUT2D eigenvalue weighted by molar-refractivity contribution is 7.89. The molecule has 1 fully saturated rings. The number of carbonyl (C=O) groups is 1. The first-order valence-corrected chi connectivity index (χ1v) is 13.2. The third-order valence-electron chi connectivity index (χ3n) is 5.27. The number of hydrogen-bond donors (Lipinski definition) is 2. The molecule has 0 spiro atoms. The fraction of sp³-hybridized carbons (Fsp3) is 0.381. The van der Waals surface area contributed by atoms with Crippen molar-refractivity contribution in [3.63, 3.8) is 0 Å².